The fourth-order valence-corrected chi connectivity index (χ4v) is 9.30. The van der Waals surface area contributed by atoms with E-state index in [4.69, 9.17) is 18.9 Å². The van der Waals surface area contributed by atoms with E-state index in [1.807, 2.05) is 0 Å². The van der Waals surface area contributed by atoms with E-state index in [0.717, 1.165) is 0 Å². The van der Waals surface area contributed by atoms with Crippen LogP contribution in [0.4, 0.5) is 0 Å². The molecule has 0 amide bonds. The van der Waals surface area contributed by atoms with Crippen LogP contribution in [0, 0.1) is 0 Å². The summed E-state index contributed by atoms with van der Waals surface area (Å²) < 4.78 is 21.8. The summed E-state index contributed by atoms with van der Waals surface area (Å²) in [5.74, 6) is -25.3. The highest BCUT2D eigenvalue weighted by atomic mass is 16.7. The molecule has 4 aliphatic rings. The maximum atomic E-state index is 13.7. The lowest BCUT2D eigenvalue weighted by Gasteiger charge is -2.58. The van der Waals surface area contributed by atoms with Gasteiger partial charge in [0.25, 0.3) is 0 Å². The molecule has 0 unspecified atom stereocenters. The van der Waals surface area contributed by atoms with Crippen molar-refractivity contribution in [2.24, 2.45) is 0 Å². The van der Waals surface area contributed by atoms with Crippen molar-refractivity contribution in [3.63, 3.8) is 0 Å². The first-order valence-corrected chi connectivity index (χ1v) is 19.8. The molecular formula is C38H54O28. The van der Waals surface area contributed by atoms with Crippen molar-refractivity contribution in [3.8, 4) is 0 Å². The van der Waals surface area contributed by atoms with Crippen LogP contribution in [0.15, 0.2) is 12.1 Å². The third-order valence-corrected chi connectivity index (χ3v) is 13.3. The number of benzene rings is 1. The van der Waals surface area contributed by atoms with E-state index < -0.39 is 191 Å². The Morgan fingerprint density at radius 2 is 0.621 bits per heavy atom. The number of carbonyl (C=O) groups excluding carboxylic acids is 4. The second-order valence-electron chi connectivity index (χ2n) is 16.9. The molecule has 374 valence electrons. The van der Waals surface area contributed by atoms with Crippen LogP contribution in [0.3, 0.4) is 0 Å². The smallest absolute Gasteiger partial charge is 0.233 e. The first-order valence-electron chi connectivity index (χ1n) is 19.8. The Morgan fingerprint density at radius 1 is 0.409 bits per heavy atom. The Kier molecular flexibility index (Phi) is 14.2. The Bertz CT molecular complexity index is 2010. The number of hydrogen-bond acceptors (Lipinski definition) is 28. The SMILES string of the molecule is CC(=O)[C@@]1(O)[C@@H](O)[C@H](O)[C@@H](CO)O[C@]1(O)c1cc([C@@]2(O)O[C@H](CO)[C@@H](O)[C@H](O)[C@]2(O)C(C)=O)c([C@@]2(O)O[C@H](CO)[C@@H](O)[C@H](O)[C@]2(O)C(C)=O)c([C@@]2(O)O[C@H](CO)[C@@H](O)[C@H](O)[C@]2(O)C(C)=O)c1. The van der Waals surface area contributed by atoms with Crippen LogP contribution in [0.5, 0.6) is 0 Å². The molecule has 4 saturated heterocycles. The highest BCUT2D eigenvalue weighted by Crippen LogP contribution is 2.58. The van der Waals surface area contributed by atoms with Crippen molar-refractivity contribution in [2.75, 3.05) is 26.4 Å². The van der Waals surface area contributed by atoms with Gasteiger partial charge in [-0.3, -0.25) is 19.2 Å². The predicted molar refractivity (Wildman–Crippen MR) is 200 cm³/mol. The minimum atomic E-state index is -4.59. The normalized spacial score (nSPS) is 48.7. The number of ketones is 4. The summed E-state index contributed by atoms with van der Waals surface area (Å²) in [6.45, 7) is -4.51. The van der Waals surface area contributed by atoms with Crippen molar-refractivity contribution in [1.82, 2.24) is 0 Å². The second kappa shape index (κ2) is 17.4. The minimum Gasteiger partial charge on any atom is -0.394 e. The van der Waals surface area contributed by atoms with E-state index in [-0.39, 0.29) is 12.1 Å². The number of rotatable bonds is 12. The van der Waals surface area contributed by atoms with Crippen molar-refractivity contribution >= 4 is 23.1 Å². The van der Waals surface area contributed by atoms with Gasteiger partial charge in [0.2, 0.25) is 45.6 Å². The van der Waals surface area contributed by atoms with E-state index in [0.29, 0.717) is 27.7 Å². The summed E-state index contributed by atoms with van der Waals surface area (Å²) >= 11 is 0. The monoisotopic (exact) mass is 958 g/mol. The zero-order chi connectivity index (χ0) is 50.6. The summed E-state index contributed by atoms with van der Waals surface area (Å²) in [5, 5.41) is 230. The highest BCUT2D eigenvalue weighted by molar-refractivity contribution is 5.91. The molecule has 0 spiro atoms. The Morgan fingerprint density at radius 3 is 0.864 bits per heavy atom. The van der Waals surface area contributed by atoms with Gasteiger partial charge in [-0.25, -0.2) is 0 Å². The molecule has 1 aromatic carbocycles. The van der Waals surface area contributed by atoms with Crippen molar-refractivity contribution in [1.29, 1.82) is 0 Å². The second-order valence-corrected chi connectivity index (χ2v) is 16.9. The lowest BCUT2D eigenvalue weighted by Crippen LogP contribution is -2.78. The highest BCUT2D eigenvalue weighted by Gasteiger charge is 2.76. The van der Waals surface area contributed by atoms with E-state index in [9.17, 15) is 121 Å². The number of aliphatic hydroxyl groups excluding tert-OH is 12. The Hall–Kier alpha value is -3.06. The van der Waals surface area contributed by atoms with Crippen molar-refractivity contribution in [3.05, 3.63) is 34.4 Å². The van der Waals surface area contributed by atoms with Gasteiger partial charge in [-0.15, -0.1) is 0 Å². The van der Waals surface area contributed by atoms with Gasteiger partial charge in [-0.2, -0.15) is 0 Å². The van der Waals surface area contributed by atoms with E-state index in [1.54, 1.807) is 0 Å². The molecule has 4 heterocycles. The topological polar surface area (TPSA) is 510 Å². The van der Waals surface area contributed by atoms with Crippen molar-refractivity contribution < 1.29 is 140 Å². The first kappa shape index (κ1) is 53.9. The summed E-state index contributed by atoms with van der Waals surface area (Å²) in [5.41, 5.74) is -24.5. The third kappa shape index (κ3) is 6.69. The average Bonchev–Trinajstić information content (AvgIpc) is 3.27. The van der Waals surface area contributed by atoms with Gasteiger partial charge in [0, 0.05) is 22.3 Å². The molecule has 5 rings (SSSR count). The minimum absolute atomic E-state index is 0.0145. The van der Waals surface area contributed by atoms with Crippen molar-refractivity contribution in [2.45, 2.75) is 146 Å². The summed E-state index contributed by atoms with van der Waals surface area (Å²) in [6, 6.07) is -0.0289. The lowest BCUT2D eigenvalue weighted by atomic mass is 9.64. The predicted octanol–water partition coefficient (Wildman–Crippen LogP) is -12.0. The lowest BCUT2D eigenvalue weighted by molar-refractivity contribution is -0.402. The van der Waals surface area contributed by atoms with Gasteiger partial charge in [0.1, 0.15) is 73.2 Å². The zero-order valence-corrected chi connectivity index (χ0v) is 35.1. The van der Waals surface area contributed by atoms with Crippen LogP contribution in [0.1, 0.15) is 49.9 Å². The Balaban J connectivity index is 2.25. The maximum Gasteiger partial charge on any atom is 0.233 e. The van der Waals surface area contributed by atoms with Gasteiger partial charge in [0.15, 0.2) is 23.1 Å². The van der Waals surface area contributed by atoms with Gasteiger partial charge < -0.3 is 121 Å². The standard InChI is InChI=1S/C38H54O28/c1-11(43)31(55)27(51)23(47)18(7-39)63-35(31,59)15-5-16(36(60)32(56,12(2)44)28(52)24(48)19(8-40)64-36)22(38(62)34(58,14(4)46)30(54)26(50)21(10-42)66-38)17(6-15)37(61)33(57,13(3)45)29(53)25(49)20(9-41)65-37/h5-6,18-21,23-30,39-42,47-62H,7-10H2,1-4H3/t18-,19-,20-,21-,23-,24-,25-,26-,27+,28+,29+,30+,31-,32-,33-,34-,35-,36-,37-,38-/m1/s1. The molecule has 1 aromatic rings. The van der Waals surface area contributed by atoms with Crippen LogP contribution in [-0.2, 0) is 61.3 Å². The zero-order valence-electron chi connectivity index (χ0n) is 35.1. The molecular weight excluding hydrogens is 904 g/mol. The summed E-state index contributed by atoms with van der Waals surface area (Å²) in [7, 11) is 0. The molecule has 20 atom stereocenters. The fourth-order valence-electron chi connectivity index (χ4n) is 9.30. The molecule has 0 saturated carbocycles. The summed E-state index contributed by atoms with van der Waals surface area (Å²) in [6.07, 6.45) is -32.7. The molecule has 0 bridgehead atoms. The van der Waals surface area contributed by atoms with Gasteiger partial charge in [0.05, 0.1) is 26.4 Å². The van der Waals surface area contributed by atoms with E-state index in [1.165, 1.54) is 0 Å². The van der Waals surface area contributed by atoms with Crippen LogP contribution in [-0.4, -0.2) is 247 Å². The molecule has 0 aliphatic carbocycles. The number of carbonyl (C=O) groups is 4. The maximum absolute atomic E-state index is 13.7. The molecule has 4 aliphatic heterocycles. The van der Waals surface area contributed by atoms with Crippen LogP contribution in [0.25, 0.3) is 0 Å². The molecule has 0 aromatic heterocycles. The van der Waals surface area contributed by atoms with Crippen LogP contribution in [0.2, 0.25) is 0 Å². The fraction of sp³-hybridized carbons (Fsp3) is 0.737. The summed E-state index contributed by atoms with van der Waals surface area (Å²) in [4.78, 5) is 54.4. The average molecular weight is 959 g/mol. The first-order chi connectivity index (χ1) is 30.2. The van der Waals surface area contributed by atoms with Gasteiger partial charge >= 0.3 is 0 Å². The molecule has 66 heavy (non-hydrogen) atoms. The van der Waals surface area contributed by atoms with E-state index in [2.05, 4.69) is 0 Å². The van der Waals surface area contributed by atoms with Crippen LogP contribution < -0.4 is 0 Å². The van der Waals surface area contributed by atoms with Crippen LogP contribution >= 0.6 is 0 Å². The molecule has 28 heteroatoms. The number of Topliss-reactive ketones (excluding diaryl/α,β-unsaturated/α-hetero) is 4. The number of aliphatic hydroxyl groups is 20. The largest absolute Gasteiger partial charge is 0.394 e. The number of ether oxygens (including phenoxy) is 4. The quantitative estimate of drug-likeness (QED) is 0.0925. The molecule has 4 fully saturated rings. The van der Waals surface area contributed by atoms with Gasteiger partial charge in [-0.05, 0) is 39.8 Å². The van der Waals surface area contributed by atoms with Gasteiger partial charge in [-0.1, -0.05) is 0 Å². The number of hydrogen-bond donors (Lipinski definition) is 20. The molecule has 0 radical (unpaired) electrons. The Labute approximate surface area is 370 Å². The molecule has 20 N–H and O–H groups in total. The molecule has 28 nitrogen and oxygen atoms in total. The van der Waals surface area contributed by atoms with E-state index >= 15 is 0 Å². The third-order valence-electron chi connectivity index (χ3n) is 13.3.